The van der Waals surface area contributed by atoms with Gasteiger partial charge in [-0.3, -0.25) is 0 Å². The zero-order valence-electron chi connectivity index (χ0n) is 9.69. The Balaban J connectivity index is 2.14. The average molecular weight is 221 g/mol. The SMILES string of the molecule is CN1CCN(c2ccc(N)c(CO)c2)CC1. The summed E-state index contributed by atoms with van der Waals surface area (Å²) in [6.45, 7) is 4.24. The smallest absolute Gasteiger partial charge is 0.0702 e. The van der Waals surface area contributed by atoms with Crippen molar-refractivity contribution in [3.63, 3.8) is 0 Å². The van der Waals surface area contributed by atoms with Crippen LogP contribution in [0.25, 0.3) is 0 Å². The molecule has 2 rings (SSSR count). The first-order valence-electron chi connectivity index (χ1n) is 5.63. The molecule has 1 aromatic rings. The molecule has 0 unspecified atom stereocenters. The number of rotatable bonds is 2. The maximum absolute atomic E-state index is 9.18. The minimum atomic E-state index is 0.00736. The minimum absolute atomic E-state index is 0.00736. The topological polar surface area (TPSA) is 52.7 Å². The van der Waals surface area contributed by atoms with E-state index in [1.54, 1.807) is 0 Å². The first kappa shape index (κ1) is 11.2. The molecule has 1 aromatic carbocycles. The van der Waals surface area contributed by atoms with Gasteiger partial charge in [0.1, 0.15) is 0 Å². The second kappa shape index (κ2) is 4.72. The van der Waals surface area contributed by atoms with Crippen LogP contribution in [-0.4, -0.2) is 43.2 Å². The molecular weight excluding hydrogens is 202 g/mol. The van der Waals surface area contributed by atoms with E-state index in [2.05, 4.69) is 16.8 Å². The lowest BCUT2D eigenvalue weighted by atomic mass is 10.1. The zero-order chi connectivity index (χ0) is 11.5. The highest BCUT2D eigenvalue weighted by atomic mass is 16.3. The summed E-state index contributed by atoms with van der Waals surface area (Å²) in [7, 11) is 2.14. The molecule has 4 heteroatoms. The van der Waals surface area contributed by atoms with Gasteiger partial charge in [-0.15, -0.1) is 0 Å². The first-order chi connectivity index (χ1) is 7.70. The number of benzene rings is 1. The zero-order valence-corrected chi connectivity index (χ0v) is 9.69. The van der Waals surface area contributed by atoms with E-state index in [0.717, 1.165) is 37.4 Å². The largest absolute Gasteiger partial charge is 0.398 e. The third-order valence-electron chi connectivity index (χ3n) is 3.17. The van der Waals surface area contributed by atoms with Crippen molar-refractivity contribution in [2.45, 2.75) is 6.61 Å². The van der Waals surface area contributed by atoms with Gasteiger partial charge in [-0.05, 0) is 25.2 Å². The van der Waals surface area contributed by atoms with Gasteiger partial charge in [0.2, 0.25) is 0 Å². The van der Waals surface area contributed by atoms with Crippen molar-refractivity contribution in [3.05, 3.63) is 23.8 Å². The lowest BCUT2D eigenvalue weighted by Crippen LogP contribution is -2.44. The van der Waals surface area contributed by atoms with Crippen molar-refractivity contribution in [2.75, 3.05) is 43.9 Å². The Morgan fingerprint density at radius 2 is 1.94 bits per heavy atom. The lowest BCUT2D eigenvalue weighted by Gasteiger charge is -2.34. The summed E-state index contributed by atoms with van der Waals surface area (Å²) in [5, 5.41) is 9.18. The fourth-order valence-corrected chi connectivity index (χ4v) is 1.99. The van der Waals surface area contributed by atoms with E-state index in [9.17, 15) is 5.11 Å². The van der Waals surface area contributed by atoms with E-state index in [4.69, 9.17) is 5.73 Å². The second-order valence-corrected chi connectivity index (χ2v) is 4.33. The quantitative estimate of drug-likeness (QED) is 0.715. The third-order valence-corrected chi connectivity index (χ3v) is 3.17. The molecule has 0 atom stereocenters. The van der Waals surface area contributed by atoms with Crippen LogP contribution in [0, 0.1) is 0 Å². The van der Waals surface area contributed by atoms with Gasteiger partial charge in [-0.25, -0.2) is 0 Å². The van der Waals surface area contributed by atoms with Crippen LogP contribution in [0.4, 0.5) is 11.4 Å². The van der Waals surface area contributed by atoms with Gasteiger partial charge in [-0.2, -0.15) is 0 Å². The van der Waals surface area contributed by atoms with Crippen molar-refractivity contribution < 1.29 is 5.11 Å². The summed E-state index contributed by atoms with van der Waals surface area (Å²) in [6.07, 6.45) is 0. The van der Waals surface area contributed by atoms with Gasteiger partial charge < -0.3 is 20.6 Å². The monoisotopic (exact) mass is 221 g/mol. The van der Waals surface area contributed by atoms with Gasteiger partial charge in [0.25, 0.3) is 0 Å². The number of hydrogen-bond acceptors (Lipinski definition) is 4. The minimum Gasteiger partial charge on any atom is -0.398 e. The molecule has 1 heterocycles. The van der Waals surface area contributed by atoms with Crippen LogP contribution < -0.4 is 10.6 Å². The molecule has 16 heavy (non-hydrogen) atoms. The van der Waals surface area contributed by atoms with Crippen LogP contribution in [0.5, 0.6) is 0 Å². The third kappa shape index (κ3) is 2.28. The molecule has 0 spiro atoms. The van der Waals surface area contributed by atoms with Crippen molar-refractivity contribution in [1.82, 2.24) is 4.90 Å². The summed E-state index contributed by atoms with van der Waals surface area (Å²) >= 11 is 0. The Morgan fingerprint density at radius 3 is 2.56 bits per heavy atom. The van der Waals surface area contributed by atoms with Crippen LogP contribution in [0.15, 0.2) is 18.2 Å². The summed E-state index contributed by atoms with van der Waals surface area (Å²) in [5.41, 5.74) is 8.41. The molecule has 88 valence electrons. The Hall–Kier alpha value is -1.26. The normalized spacial score (nSPS) is 17.8. The lowest BCUT2D eigenvalue weighted by molar-refractivity contribution is 0.282. The molecule has 4 nitrogen and oxygen atoms in total. The number of nitrogens with zero attached hydrogens (tertiary/aromatic N) is 2. The number of piperazine rings is 1. The van der Waals surface area contributed by atoms with Crippen molar-refractivity contribution >= 4 is 11.4 Å². The van der Waals surface area contributed by atoms with Crippen molar-refractivity contribution in [3.8, 4) is 0 Å². The summed E-state index contributed by atoms with van der Waals surface area (Å²) in [4.78, 5) is 4.65. The van der Waals surface area contributed by atoms with Gasteiger partial charge >= 0.3 is 0 Å². The molecule has 0 aliphatic carbocycles. The molecule has 1 aliphatic rings. The number of aliphatic hydroxyl groups excluding tert-OH is 1. The number of nitrogen functional groups attached to an aromatic ring is 1. The number of nitrogens with two attached hydrogens (primary N) is 1. The maximum Gasteiger partial charge on any atom is 0.0702 e. The van der Waals surface area contributed by atoms with E-state index < -0.39 is 0 Å². The maximum atomic E-state index is 9.18. The van der Waals surface area contributed by atoms with Gasteiger partial charge in [0, 0.05) is 43.1 Å². The Labute approximate surface area is 96.3 Å². The molecule has 1 fully saturated rings. The van der Waals surface area contributed by atoms with Crippen LogP contribution in [0.1, 0.15) is 5.56 Å². The fraction of sp³-hybridized carbons (Fsp3) is 0.500. The number of anilines is 2. The Morgan fingerprint density at radius 1 is 1.25 bits per heavy atom. The van der Waals surface area contributed by atoms with Crippen LogP contribution >= 0.6 is 0 Å². The predicted molar refractivity (Wildman–Crippen MR) is 66.5 cm³/mol. The van der Waals surface area contributed by atoms with E-state index in [1.165, 1.54) is 0 Å². The van der Waals surface area contributed by atoms with Crippen LogP contribution in [0.2, 0.25) is 0 Å². The second-order valence-electron chi connectivity index (χ2n) is 4.33. The van der Waals surface area contributed by atoms with Crippen LogP contribution in [0.3, 0.4) is 0 Å². The molecular formula is C12H19N3O. The summed E-state index contributed by atoms with van der Waals surface area (Å²) < 4.78 is 0. The molecule has 0 saturated carbocycles. The highest BCUT2D eigenvalue weighted by Gasteiger charge is 2.14. The first-order valence-corrected chi connectivity index (χ1v) is 5.63. The Bertz CT molecular complexity index is 359. The van der Waals surface area contributed by atoms with E-state index in [-0.39, 0.29) is 6.61 Å². The highest BCUT2D eigenvalue weighted by Crippen LogP contribution is 2.22. The summed E-state index contributed by atoms with van der Waals surface area (Å²) in [6, 6.07) is 5.89. The molecule has 1 saturated heterocycles. The molecule has 0 amide bonds. The standard InChI is InChI=1S/C12H19N3O/c1-14-4-6-15(7-5-14)11-2-3-12(13)10(8-11)9-16/h2-3,8,16H,4-7,9,13H2,1H3. The molecule has 3 N–H and O–H groups in total. The highest BCUT2D eigenvalue weighted by molar-refractivity contribution is 5.58. The van der Waals surface area contributed by atoms with E-state index in [0.29, 0.717) is 5.69 Å². The van der Waals surface area contributed by atoms with E-state index in [1.807, 2.05) is 18.2 Å². The average Bonchev–Trinajstić information content (AvgIpc) is 2.31. The number of hydrogen-bond donors (Lipinski definition) is 2. The fourth-order valence-electron chi connectivity index (χ4n) is 1.99. The molecule has 0 radical (unpaired) electrons. The molecule has 0 bridgehead atoms. The Kier molecular flexibility index (Phi) is 3.31. The molecule has 1 aliphatic heterocycles. The summed E-state index contributed by atoms with van der Waals surface area (Å²) in [5.74, 6) is 0. The van der Waals surface area contributed by atoms with Gasteiger partial charge in [0.05, 0.1) is 6.61 Å². The van der Waals surface area contributed by atoms with E-state index >= 15 is 0 Å². The predicted octanol–water partition coefficient (Wildman–Crippen LogP) is 0.513. The van der Waals surface area contributed by atoms with Crippen molar-refractivity contribution in [2.24, 2.45) is 0 Å². The van der Waals surface area contributed by atoms with Gasteiger partial charge in [0.15, 0.2) is 0 Å². The molecule has 0 aromatic heterocycles. The van der Waals surface area contributed by atoms with Gasteiger partial charge in [-0.1, -0.05) is 0 Å². The number of likely N-dealkylation sites (N-methyl/N-ethyl adjacent to an activating group) is 1. The van der Waals surface area contributed by atoms with Crippen LogP contribution in [-0.2, 0) is 6.61 Å². The van der Waals surface area contributed by atoms with Crippen molar-refractivity contribution in [1.29, 1.82) is 0 Å². The number of aliphatic hydroxyl groups is 1.